The third-order valence-corrected chi connectivity index (χ3v) is 7.08. The zero-order valence-corrected chi connectivity index (χ0v) is 24.1. The number of carbonyl (C=O) groups excluding carboxylic acids is 3. The molecule has 3 aromatic carbocycles. The minimum Gasteiger partial charge on any atom is -0.382 e. The molecule has 1 aliphatic heterocycles. The number of hydrogen-bond donors (Lipinski definition) is 2. The van der Waals surface area contributed by atoms with Gasteiger partial charge in [-0.15, -0.1) is 12.4 Å². The number of ether oxygens (including phenoxy) is 2. The highest BCUT2D eigenvalue weighted by atomic mass is 35.5. The number of benzene rings is 3. The van der Waals surface area contributed by atoms with Gasteiger partial charge in [0.05, 0.1) is 43.7 Å². The molecule has 2 atom stereocenters. The monoisotopic (exact) mass is 568 g/mol. The molecule has 0 saturated heterocycles. The Morgan fingerprint density at radius 3 is 2.45 bits per heavy atom. The van der Waals surface area contributed by atoms with E-state index in [0.29, 0.717) is 18.0 Å². The predicted octanol–water partition coefficient (Wildman–Crippen LogP) is 3.21. The van der Waals surface area contributed by atoms with Crippen LogP contribution in [0.5, 0.6) is 0 Å². The number of fused-ring (bicyclic) bond motifs is 2. The van der Waals surface area contributed by atoms with E-state index in [1.54, 1.807) is 26.0 Å². The molecule has 4 rings (SSSR count). The SMILES string of the molecule is CNC(C)C(=O)N[C@H]1CN(C(=O)COCCOC)c2ccccc2N(Cc2c(C)ccc3ccccc23)C1=O.Cl. The second-order valence-corrected chi connectivity index (χ2v) is 9.62. The molecule has 9 nitrogen and oxygen atoms in total. The van der Waals surface area contributed by atoms with Crippen molar-refractivity contribution in [3.63, 3.8) is 0 Å². The fourth-order valence-corrected chi connectivity index (χ4v) is 4.71. The van der Waals surface area contributed by atoms with Crippen molar-refractivity contribution in [3.8, 4) is 0 Å². The van der Waals surface area contributed by atoms with Gasteiger partial charge in [0, 0.05) is 7.11 Å². The lowest BCUT2D eigenvalue weighted by Crippen LogP contribution is -2.56. The highest BCUT2D eigenvalue weighted by Gasteiger charge is 2.37. The third kappa shape index (κ3) is 6.79. The molecule has 1 unspecified atom stereocenters. The molecule has 1 aliphatic rings. The van der Waals surface area contributed by atoms with Crippen LogP contribution in [0.2, 0.25) is 0 Å². The van der Waals surface area contributed by atoms with E-state index in [1.165, 1.54) is 4.90 Å². The Hall–Kier alpha value is -3.50. The lowest BCUT2D eigenvalue weighted by atomic mass is 9.99. The molecule has 214 valence electrons. The van der Waals surface area contributed by atoms with Crippen LogP contribution in [0.15, 0.2) is 60.7 Å². The highest BCUT2D eigenvalue weighted by molar-refractivity contribution is 6.08. The van der Waals surface area contributed by atoms with Crippen LogP contribution in [-0.2, 0) is 30.4 Å². The standard InChI is InChI=1S/C30H36N4O5.ClH/c1-20-13-14-22-9-5-6-10-23(22)24(20)17-34-27-12-8-7-11-26(27)33(28(35)19-39-16-15-38-4)18-25(30(34)37)32-29(36)21(2)31-3;/h5-14,21,25,31H,15-19H2,1-4H3,(H,32,36);1H/t21?,25-;/m0./s1. The number of carbonyl (C=O) groups is 3. The van der Waals surface area contributed by atoms with Gasteiger partial charge in [-0.05, 0) is 54.9 Å². The number of nitrogens with zero attached hydrogens (tertiary/aromatic N) is 2. The fraction of sp³-hybridized carbons (Fsp3) is 0.367. The molecular formula is C30H37ClN4O5. The fourth-order valence-electron chi connectivity index (χ4n) is 4.71. The minimum atomic E-state index is -0.959. The largest absolute Gasteiger partial charge is 0.382 e. The Balaban J connectivity index is 0.00000441. The number of aryl methyl sites for hydroxylation is 1. The van der Waals surface area contributed by atoms with Crippen LogP contribution in [-0.4, -0.2) is 70.3 Å². The van der Waals surface area contributed by atoms with E-state index in [1.807, 2.05) is 61.5 Å². The molecule has 3 aromatic rings. The van der Waals surface area contributed by atoms with Gasteiger partial charge in [0.25, 0.3) is 11.8 Å². The van der Waals surface area contributed by atoms with Crippen molar-refractivity contribution in [1.82, 2.24) is 10.6 Å². The Kier molecular flexibility index (Phi) is 11.0. The number of anilines is 2. The van der Waals surface area contributed by atoms with Crippen LogP contribution >= 0.6 is 12.4 Å². The normalized spacial score (nSPS) is 15.7. The van der Waals surface area contributed by atoms with Gasteiger partial charge in [-0.1, -0.05) is 48.5 Å². The first kappa shape index (κ1) is 31.0. The van der Waals surface area contributed by atoms with Gasteiger partial charge in [-0.2, -0.15) is 0 Å². The molecule has 2 N–H and O–H groups in total. The summed E-state index contributed by atoms with van der Waals surface area (Å²) in [6.45, 7) is 4.46. The smallest absolute Gasteiger partial charge is 0.253 e. The van der Waals surface area contributed by atoms with Crippen LogP contribution in [0.25, 0.3) is 10.8 Å². The van der Waals surface area contributed by atoms with Gasteiger partial charge in [-0.3, -0.25) is 14.4 Å². The Labute approximate surface area is 241 Å². The Morgan fingerprint density at radius 1 is 1.02 bits per heavy atom. The van der Waals surface area contributed by atoms with E-state index < -0.39 is 12.1 Å². The minimum absolute atomic E-state index is 0. The van der Waals surface area contributed by atoms with E-state index in [4.69, 9.17) is 9.47 Å². The van der Waals surface area contributed by atoms with Crippen molar-refractivity contribution in [2.45, 2.75) is 32.5 Å². The van der Waals surface area contributed by atoms with Crippen molar-refractivity contribution < 1.29 is 23.9 Å². The van der Waals surface area contributed by atoms with Crippen LogP contribution < -0.4 is 20.4 Å². The second-order valence-electron chi connectivity index (χ2n) is 9.62. The van der Waals surface area contributed by atoms with Crippen molar-refractivity contribution >= 4 is 52.3 Å². The molecule has 1 heterocycles. The number of para-hydroxylation sites is 2. The molecule has 0 aromatic heterocycles. The summed E-state index contributed by atoms with van der Waals surface area (Å²) in [6, 6.07) is 18.0. The van der Waals surface area contributed by atoms with Crippen LogP contribution in [0.4, 0.5) is 11.4 Å². The molecule has 0 radical (unpaired) electrons. The lowest BCUT2D eigenvalue weighted by Gasteiger charge is -2.27. The summed E-state index contributed by atoms with van der Waals surface area (Å²) in [5.41, 5.74) is 3.24. The average Bonchev–Trinajstić information content (AvgIpc) is 3.06. The molecule has 10 heteroatoms. The first-order valence-electron chi connectivity index (χ1n) is 13.1. The maximum absolute atomic E-state index is 14.2. The van der Waals surface area contributed by atoms with Gasteiger partial charge in [-0.25, -0.2) is 0 Å². The zero-order chi connectivity index (χ0) is 27.9. The summed E-state index contributed by atoms with van der Waals surface area (Å²) in [4.78, 5) is 43.7. The Morgan fingerprint density at radius 2 is 1.73 bits per heavy atom. The van der Waals surface area contributed by atoms with Crippen molar-refractivity contribution in [3.05, 3.63) is 71.8 Å². The summed E-state index contributed by atoms with van der Waals surface area (Å²) in [6.07, 6.45) is 0. The van der Waals surface area contributed by atoms with Gasteiger partial charge >= 0.3 is 0 Å². The second kappa shape index (κ2) is 14.2. The van der Waals surface area contributed by atoms with Gasteiger partial charge in [0.2, 0.25) is 5.91 Å². The molecule has 0 bridgehead atoms. The van der Waals surface area contributed by atoms with E-state index in [-0.39, 0.29) is 56.4 Å². The van der Waals surface area contributed by atoms with Crippen LogP contribution in [0.1, 0.15) is 18.1 Å². The molecule has 3 amide bonds. The molecule has 0 saturated carbocycles. The van der Waals surface area contributed by atoms with Crippen LogP contribution in [0.3, 0.4) is 0 Å². The number of hydrogen-bond acceptors (Lipinski definition) is 6. The van der Waals surface area contributed by atoms with Crippen LogP contribution in [0, 0.1) is 6.92 Å². The summed E-state index contributed by atoms with van der Waals surface area (Å²) in [5.74, 6) is -0.927. The first-order valence-corrected chi connectivity index (χ1v) is 13.1. The van der Waals surface area contributed by atoms with E-state index >= 15 is 0 Å². The summed E-state index contributed by atoms with van der Waals surface area (Å²) in [5, 5.41) is 7.91. The van der Waals surface area contributed by atoms with Gasteiger partial charge in [0.15, 0.2) is 0 Å². The maximum Gasteiger partial charge on any atom is 0.253 e. The highest BCUT2D eigenvalue weighted by Crippen LogP contribution is 2.35. The maximum atomic E-state index is 14.2. The molecular weight excluding hydrogens is 532 g/mol. The number of amides is 3. The number of methoxy groups -OCH3 is 1. The number of nitrogens with one attached hydrogen (secondary N) is 2. The first-order chi connectivity index (χ1) is 18.8. The van der Waals surface area contributed by atoms with E-state index in [0.717, 1.165) is 21.9 Å². The number of likely N-dealkylation sites (N-methyl/N-ethyl adjacent to an activating group) is 1. The summed E-state index contributed by atoms with van der Waals surface area (Å²) in [7, 11) is 3.24. The average molecular weight is 569 g/mol. The predicted molar refractivity (Wildman–Crippen MR) is 159 cm³/mol. The molecule has 0 fully saturated rings. The van der Waals surface area contributed by atoms with Crippen molar-refractivity contribution in [2.24, 2.45) is 0 Å². The summed E-state index contributed by atoms with van der Waals surface area (Å²) >= 11 is 0. The topological polar surface area (TPSA) is 100 Å². The quantitative estimate of drug-likeness (QED) is 0.364. The van der Waals surface area contributed by atoms with E-state index in [2.05, 4.69) is 16.7 Å². The lowest BCUT2D eigenvalue weighted by molar-refractivity contribution is -0.129. The number of halogens is 1. The zero-order valence-electron chi connectivity index (χ0n) is 23.3. The van der Waals surface area contributed by atoms with Crippen molar-refractivity contribution in [1.29, 1.82) is 0 Å². The van der Waals surface area contributed by atoms with Gasteiger partial charge < -0.3 is 29.9 Å². The molecule has 40 heavy (non-hydrogen) atoms. The number of rotatable bonds is 10. The molecule has 0 spiro atoms. The summed E-state index contributed by atoms with van der Waals surface area (Å²) < 4.78 is 10.5. The third-order valence-electron chi connectivity index (χ3n) is 7.08. The van der Waals surface area contributed by atoms with Crippen molar-refractivity contribution in [2.75, 3.05) is 50.3 Å². The Bertz CT molecular complexity index is 1350. The van der Waals surface area contributed by atoms with E-state index in [9.17, 15) is 14.4 Å². The molecule has 0 aliphatic carbocycles. The van der Waals surface area contributed by atoms with Gasteiger partial charge in [0.1, 0.15) is 12.6 Å².